The van der Waals surface area contributed by atoms with Crippen molar-refractivity contribution in [1.29, 1.82) is 0 Å². The van der Waals surface area contributed by atoms with E-state index in [0.29, 0.717) is 42.4 Å². The van der Waals surface area contributed by atoms with Crippen molar-refractivity contribution < 1.29 is 14.3 Å². The Morgan fingerprint density at radius 1 is 1.03 bits per heavy atom. The van der Waals surface area contributed by atoms with Gasteiger partial charge >= 0.3 is 0 Å². The van der Waals surface area contributed by atoms with Gasteiger partial charge in [0, 0.05) is 22.1 Å². The van der Waals surface area contributed by atoms with Gasteiger partial charge in [-0.15, -0.1) is 0 Å². The van der Waals surface area contributed by atoms with Gasteiger partial charge in [0.05, 0.1) is 4.47 Å². The van der Waals surface area contributed by atoms with E-state index >= 15 is 0 Å². The van der Waals surface area contributed by atoms with Crippen LogP contribution in [0.25, 0.3) is 33.4 Å². The zero-order chi connectivity index (χ0) is 21.0. The van der Waals surface area contributed by atoms with Crippen LogP contribution in [0.1, 0.15) is 22.8 Å². The second-order valence-electron chi connectivity index (χ2n) is 6.69. The molecule has 2 aromatic rings. The Hall–Kier alpha value is -1.96. The highest BCUT2D eigenvalue weighted by Gasteiger charge is 2.26. The van der Waals surface area contributed by atoms with Crippen LogP contribution in [0.5, 0.6) is 5.75 Å². The van der Waals surface area contributed by atoms with E-state index in [0.717, 1.165) is 11.1 Å². The predicted octanol–water partition coefficient (Wildman–Crippen LogP) is 7.07. The summed E-state index contributed by atoms with van der Waals surface area (Å²) in [5, 5.41) is 11.1. The van der Waals surface area contributed by atoms with Gasteiger partial charge in [-0.25, -0.2) is 0 Å². The van der Waals surface area contributed by atoms with Crippen molar-refractivity contribution >= 4 is 64.5 Å². The van der Waals surface area contributed by atoms with Crippen molar-refractivity contribution in [2.45, 2.75) is 13.8 Å². The molecule has 0 fully saturated rings. The summed E-state index contributed by atoms with van der Waals surface area (Å²) >= 11 is 10.1. The first-order chi connectivity index (χ1) is 13.7. The molecule has 2 aromatic carbocycles. The number of carbonyl (C=O) groups excluding carboxylic acids is 1. The molecule has 0 bridgehead atoms. The lowest BCUT2D eigenvalue weighted by molar-refractivity contribution is 0.101. The first-order valence-corrected chi connectivity index (χ1v) is 11.0. The van der Waals surface area contributed by atoms with Gasteiger partial charge in [-0.05, 0) is 84.9 Å². The molecule has 0 radical (unpaired) electrons. The Morgan fingerprint density at radius 2 is 1.72 bits per heavy atom. The van der Waals surface area contributed by atoms with Gasteiger partial charge in [-0.1, -0.05) is 24.3 Å². The molecule has 29 heavy (non-hydrogen) atoms. The molecule has 0 aromatic heterocycles. The Kier molecular flexibility index (Phi) is 5.17. The fourth-order valence-electron chi connectivity index (χ4n) is 3.45. The fourth-order valence-corrected chi connectivity index (χ4v) is 5.26. The molecule has 0 unspecified atom stereocenters. The molecule has 1 N–H and O–H groups in total. The maximum atomic E-state index is 12.5. The van der Waals surface area contributed by atoms with Crippen LogP contribution >= 0.6 is 47.8 Å². The van der Waals surface area contributed by atoms with Gasteiger partial charge in [0.1, 0.15) is 14.7 Å². The zero-order valence-electron chi connectivity index (χ0n) is 15.3. The number of carbonyl (C=O) groups is 1. The average molecular weight is 581 g/mol. The lowest BCUT2D eigenvalue weighted by Gasteiger charge is -2.19. The molecule has 4 nitrogen and oxygen atoms in total. The molecule has 1 aliphatic heterocycles. The van der Waals surface area contributed by atoms with Crippen molar-refractivity contribution in [3.05, 3.63) is 71.2 Å². The number of phenols is 1. The molecule has 0 amide bonds. The van der Waals surface area contributed by atoms with Gasteiger partial charge in [0.2, 0.25) is 5.43 Å². The Labute approximate surface area is 191 Å². The number of hydrogen-bond acceptors (Lipinski definition) is 4. The maximum Gasteiger partial charge on any atom is 0.210 e. The lowest BCUT2D eigenvalue weighted by Crippen LogP contribution is -2.07. The summed E-state index contributed by atoms with van der Waals surface area (Å²) in [7, 11) is 0. The number of halogens is 3. The summed E-state index contributed by atoms with van der Waals surface area (Å²) in [4.78, 5) is 24.8. The first-order valence-electron chi connectivity index (χ1n) is 8.59. The largest absolute Gasteiger partial charge is 0.506 e. The van der Waals surface area contributed by atoms with Gasteiger partial charge < -0.3 is 9.52 Å². The predicted molar refractivity (Wildman–Crippen MR) is 124 cm³/mol. The van der Waals surface area contributed by atoms with E-state index in [1.165, 1.54) is 6.92 Å². The number of benzene rings is 3. The summed E-state index contributed by atoms with van der Waals surface area (Å²) in [5.41, 5.74) is 3.48. The SMILES string of the molecule is CC(=O)c1ccccc1-c1c2cc(Br)c(=O)c(Br)c-2oc2c(Br)c(O)c(C)cc12. The van der Waals surface area contributed by atoms with Crippen molar-refractivity contribution in [2.24, 2.45) is 0 Å². The smallest absolute Gasteiger partial charge is 0.210 e. The molecule has 2 aliphatic rings. The number of rotatable bonds is 2. The normalized spacial score (nSPS) is 11.3. The number of phenolic OH excluding ortho intramolecular Hbond substituents is 1. The Balaban J connectivity index is 2.34. The minimum absolute atomic E-state index is 0.0574. The van der Waals surface area contributed by atoms with Crippen LogP contribution in [0.15, 0.2) is 59.0 Å². The highest BCUT2D eigenvalue weighted by atomic mass is 79.9. The van der Waals surface area contributed by atoms with Crippen molar-refractivity contribution in [1.82, 2.24) is 0 Å². The van der Waals surface area contributed by atoms with E-state index in [2.05, 4.69) is 47.8 Å². The number of Topliss-reactive ketones (excluding diaryl/α,β-unsaturated/α-hetero) is 1. The van der Waals surface area contributed by atoms with E-state index in [4.69, 9.17) is 4.42 Å². The third-order valence-electron chi connectivity index (χ3n) is 4.84. The molecule has 146 valence electrons. The van der Waals surface area contributed by atoms with Crippen LogP contribution in [0.4, 0.5) is 0 Å². The number of aromatic hydroxyl groups is 1. The van der Waals surface area contributed by atoms with Crippen LogP contribution in [-0.4, -0.2) is 10.9 Å². The lowest BCUT2D eigenvalue weighted by atomic mass is 9.89. The van der Waals surface area contributed by atoms with E-state index in [9.17, 15) is 14.7 Å². The molecule has 0 spiro atoms. The molecular formula is C22H13Br3O4. The van der Waals surface area contributed by atoms with Crippen molar-refractivity contribution in [2.75, 3.05) is 0 Å². The second-order valence-corrected chi connectivity index (χ2v) is 9.13. The van der Waals surface area contributed by atoms with Crippen LogP contribution in [0, 0.1) is 6.92 Å². The fraction of sp³-hybridized carbons (Fsp3) is 0.0909. The minimum Gasteiger partial charge on any atom is -0.506 e. The molecule has 1 aliphatic carbocycles. The van der Waals surface area contributed by atoms with Gasteiger partial charge in [-0.3, -0.25) is 9.59 Å². The van der Waals surface area contributed by atoms with E-state index in [1.54, 1.807) is 19.1 Å². The quantitative estimate of drug-likeness (QED) is 0.203. The summed E-state index contributed by atoms with van der Waals surface area (Å²) in [5.74, 6) is 0.320. The van der Waals surface area contributed by atoms with Crippen molar-refractivity contribution in [3.8, 4) is 28.2 Å². The molecule has 4 rings (SSSR count). The molecule has 0 saturated carbocycles. The standard InChI is InChI=1S/C22H13Br3O4/c1-9-7-13-16(12-6-4-3-5-11(12)10(2)26)14-8-15(23)20(28)18(25)22(14)29-21(13)17(24)19(9)27/h3-8,27H,1-2H3. The topological polar surface area (TPSA) is 67.5 Å². The molecule has 1 heterocycles. The molecule has 0 atom stereocenters. The van der Waals surface area contributed by atoms with Gasteiger partial charge in [0.15, 0.2) is 17.1 Å². The van der Waals surface area contributed by atoms with E-state index < -0.39 is 0 Å². The minimum atomic E-state index is -0.251. The van der Waals surface area contributed by atoms with Crippen LogP contribution in [0.2, 0.25) is 0 Å². The highest BCUT2D eigenvalue weighted by Crippen LogP contribution is 2.48. The zero-order valence-corrected chi connectivity index (χ0v) is 20.0. The summed E-state index contributed by atoms with van der Waals surface area (Å²) in [6.07, 6.45) is 0. The van der Waals surface area contributed by atoms with E-state index in [1.807, 2.05) is 24.3 Å². The second kappa shape index (κ2) is 7.38. The average Bonchev–Trinajstić information content (AvgIpc) is 2.69. The third kappa shape index (κ3) is 3.16. The van der Waals surface area contributed by atoms with Gasteiger partial charge in [-0.2, -0.15) is 0 Å². The maximum absolute atomic E-state index is 12.5. The first kappa shape index (κ1) is 20.3. The number of hydrogen-bond donors (Lipinski definition) is 1. The third-order valence-corrected chi connectivity index (χ3v) is 6.88. The highest BCUT2D eigenvalue weighted by molar-refractivity contribution is 9.11. The molecule has 0 saturated heterocycles. The van der Waals surface area contributed by atoms with Crippen LogP contribution in [0.3, 0.4) is 0 Å². The summed E-state index contributed by atoms with van der Waals surface area (Å²) < 4.78 is 7.11. The Morgan fingerprint density at radius 3 is 2.41 bits per heavy atom. The summed E-state index contributed by atoms with van der Waals surface area (Å²) in [6, 6.07) is 10.8. The monoisotopic (exact) mass is 578 g/mol. The number of fused-ring (bicyclic) bond motifs is 2. The molecule has 7 heteroatoms. The summed E-state index contributed by atoms with van der Waals surface area (Å²) in [6.45, 7) is 3.31. The number of ketones is 1. The van der Waals surface area contributed by atoms with E-state index in [-0.39, 0.29) is 21.4 Å². The van der Waals surface area contributed by atoms with Crippen molar-refractivity contribution in [3.63, 3.8) is 0 Å². The Bertz CT molecular complexity index is 1350. The molecular weight excluding hydrogens is 568 g/mol. The number of aryl methyl sites for hydroxylation is 1. The van der Waals surface area contributed by atoms with Gasteiger partial charge in [0.25, 0.3) is 0 Å². The van der Waals surface area contributed by atoms with Crippen LogP contribution < -0.4 is 5.43 Å². The van der Waals surface area contributed by atoms with Crippen LogP contribution in [-0.2, 0) is 0 Å².